The van der Waals surface area contributed by atoms with E-state index in [2.05, 4.69) is 28.1 Å². The van der Waals surface area contributed by atoms with Crippen LogP contribution in [0.4, 0.5) is 5.82 Å². The maximum atomic E-state index is 6.09. The van der Waals surface area contributed by atoms with Crippen LogP contribution in [0.15, 0.2) is 0 Å². The number of hydrogen-bond donors (Lipinski definition) is 1. The molecule has 0 unspecified atom stereocenters. The molecule has 1 rings (SSSR count). The summed E-state index contributed by atoms with van der Waals surface area (Å²) in [7, 11) is 0. The number of rotatable bonds is 7. The molecule has 0 aliphatic rings. The lowest BCUT2D eigenvalue weighted by Crippen LogP contribution is -2.10. The van der Waals surface area contributed by atoms with Crippen molar-refractivity contribution in [3.63, 3.8) is 0 Å². The molecule has 0 saturated heterocycles. The molecule has 0 amide bonds. The van der Waals surface area contributed by atoms with Crippen LogP contribution in [0.5, 0.6) is 0 Å². The molecule has 1 aromatic rings. The van der Waals surface area contributed by atoms with Gasteiger partial charge in [0, 0.05) is 24.3 Å². The second-order valence-corrected chi connectivity index (χ2v) is 5.30. The van der Waals surface area contributed by atoms with E-state index in [0.717, 1.165) is 48.1 Å². The van der Waals surface area contributed by atoms with Crippen molar-refractivity contribution in [3.05, 3.63) is 16.5 Å². The lowest BCUT2D eigenvalue weighted by Gasteiger charge is -2.10. The van der Waals surface area contributed by atoms with Gasteiger partial charge in [-0.05, 0) is 13.3 Å². The van der Waals surface area contributed by atoms with Crippen LogP contribution in [-0.4, -0.2) is 28.0 Å². The molecular weight excluding hydrogens is 266 g/mol. The standard InChI is InChI=1S/C13H18ClN3S/c1-4-6-11-16-12(14)10(3)13(17-11)15-7-9-18-8-5-2/h2H,4,6-9H2,1,3H3,(H,15,16,17). The summed E-state index contributed by atoms with van der Waals surface area (Å²) in [5.74, 6) is 5.93. The number of halogens is 1. The van der Waals surface area contributed by atoms with Crippen molar-refractivity contribution in [2.45, 2.75) is 26.7 Å². The average Bonchev–Trinajstić information content (AvgIpc) is 2.35. The highest BCUT2D eigenvalue weighted by atomic mass is 35.5. The van der Waals surface area contributed by atoms with E-state index >= 15 is 0 Å². The molecule has 0 aliphatic carbocycles. The molecule has 1 N–H and O–H groups in total. The van der Waals surface area contributed by atoms with E-state index in [9.17, 15) is 0 Å². The number of nitrogens with one attached hydrogen (secondary N) is 1. The largest absolute Gasteiger partial charge is 0.369 e. The topological polar surface area (TPSA) is 37.8 Å². The van der Waals surface area contributed by atoms with Crippen molar-refractivity contribution >= 4 is 29.2 Å². The maximum absolute atomic E-state index is 6.09. The second kappa shape index (κ2) is 8.23. The SMILES string of the molecule is C#CCSCCNc1nc(CCC)nc(Cl)c1C. The Hall–Kier alpha value is -0.920. The van der Waals surface area contributed by atoms with E-state index in [4.69, 9.17) is 18.0 Å². The first-order valence-electron chi connectivity index (χ1n) is 5.97. The van der Waals surface area contributed by atoms with E-state index in [1.54, 1.807) is 11.8 Å². The Balaban J connectivity index is 2.60. The first kappa shape index (κ1) is 15.1. The van der Waals surface area contributed by atoms with Gasteiger partial charge in [0.15, 0.2) is 0 Å². The van der Waals surface area contributed by atoms with Crippen LogP contribution in [0.2, 0.25) is 5.15 Å². The fourth-order valence-corrected chi connectivity index (χ4v) is 2.11. The second-order valence-electron chi connectivity index (χ2n) is 3.84. The molecule has 1 heterocycles. The van der Waals surface area contributed by atoms with Gasteiger partial charge in [0.05, 0.1) is 5.75 Å². The van der Waals surface area contributed by atoms with Crippen LogP contribution in [0.1, 0.15) is 24.7 Å². The zero-order valence-corrected chi connectivity index (χ0v) is 12.4. The van der Waals surface area contributed by atoms with E-state index in [0.29, 0.717) is 5.15 Å². The summed E-state index contributed by atoms with van der Waals surface area (Å²) in [4.78, 5) is 8.75. The Labute approximate surface area is 118 Å². The summed E-state index contributed by atoms with van der Waals surface area (Å²) >= 11 is 7.82. The number of nitrogens with zero attached hydrogens (tertiary/aromatic N) is 2. The third-order valence-electron chi connectivity index (χ3n) is 2.33. The number of terminal acetylenes is 1. The number of thioether (sulfide) groups is 1. The van der Waals surface area contributed by atoms with Crippen LogP contribution < -0.4 is 5.32 Å². The van der Waals surface area contributed by atoms with Gasteiger partial charge in [-0.25, -0.2) is 9.97 Å². The van der Waals surface area contributed by atoms with Crippen LogP contribution in [0, 0.1) is 19.3 Å². The smallest absolute Gasteiger partial charge is 0.137 e. The predicted molar refractivity (Wildman–Crippen MR) is 80.4 cm³/mol. The number of aromatic nitrogens is 2. The average molecular weight is 284 g/mol. The Morgan fingerprint density at radius 1 is 1.44 bits per heavy atom. The minimum absolute atomic E-state index is 0.534. The quantitative estimate of drug-likeness (QED) is 0.474. The predicted octanol–water partition coefficient (Wildman–Crippen LogP) is 3.17. The summed E-state index contributed by atoms with van der Waals surface area (Å²) in [6.07, 6.45) is 7.05. The highest BCUT2D eigenvalue weighted by molar-refractivity contribution is 7.99. The molecule has 5 heteroatoms. The third kappa shape index (κ3) is 4.75. The fourth-order valence-electron chi connectivity index (χ4n) is 1.41. The molecule has 0 saturated carbocycles. The zero-order valence-electron chi connectivity index (χ0n) is 10.8. The van der Waals surface area contributed by atoms with Crippen LogP contribution in [-0.2, 0) is 6.42 Å². The van der Waals surface area contributed by atoms with Crippen molar-refractivity contribution in [2.24, 2.45) is 0 Å². The molecule has 18 heavy (non-hydrogen) atoms. The molecule has 0 aromatic carbocycles. The van der Waals surface area contributed by atoms with Gasteiger partial charge >= 0.3 is 0 Å². The Kier molecular flexibility index (Phi) is 6.92. The lowest BCUT2D eigenvalue weighted by molar-refractivity contribution is 0.831. The normalized spacial score (nSPS) is 10.1. The van der Waals surface area contributed by atoms with Crippen LogP contribution in [0.25, 0.3) is 0 Å². The van der Waals surface area contributed by atoms with Gasteiger partial charge < -0.3 is 5.32 Å². The first-order chi connectivity index (χ1) is 8.69. The molecule has 0 spiro atoms. The Morgan fingerprint density at radius 3 is 2.89 bits per heavy atom. The highest BCUT2D eigenvalue weighted by Crippen LogP contribution is 2.20. The van der Waals surface area contributed by atoms with Crippen LogP contribution in [0.3, 0.4) is 0 Å². The summed E-state index contributed by atoms with van der Waals surface area (Å²) in [6, 6.07) is 0. The van der Waals surface area contributed by atoms with Gasteiger partial charge in [-0.3, -0.25) is 0 Å². The third-order valence-corrected chi connectivity index (χ3v) is 3.56. The van der Waals surface area contributed by atoms with Crippen molar-refractivity contribution in [3.8, 4) is 12.3 Å². The fraction of sp³-hybridized carbons (Fsp3) is 0.538. The van der Waals surface area contributed by atoms with Crippen molar-refractivity contribution in [2.75, 3.05) is 23.4 Å². The van der Waals surface area contributed by atoms with E-state index in [1.165, 1.54) is 0 Å². The minimum Gasteiger partial charge on any atom is -0.369 e. The summed E-state index contributed by atoms with van der Waals surface area (Å²) in [5, 5.41) is 3.82. The summed E-state index contributed by atoms with van der Waals surface area (Å²) in [5.41, 5.74) is 0.901. The van der Waals surface area contributed by atoms with Crippen molar-refractivity contribution < 1.29 is 0 Å². The number of hydrogen-bond acceptors (Lipinski definition) is 4. The lowest BCUT2D eigenvalue weighted by atomic mass is 10.3. The number of aryl methyl sites for hydroxylation is 1. The molecule has 0 bridgehead atoms. The summed E-state index contributed by atoms with van der Waals surface area (Å²) in [6.45, 7) is 4.85. The van der Waals surface area contributed by atoms with Gasteiger partial charge in [-0.1, -0.05) is 24.4 Å². The van der Waals surface area contributed by atoms with Gasteiger partial charge in [0.2, 0.25) is 0 Å². The van der Waals surface area contributed by atoms with E-state index in [-0.39, 0.29) is 0 Å². The molecule has 0 fully saturated rings. The molecule has 3 nitrogen and oxygen atoms in total. The molecule has 1 aromatic heterocycles. The highest BCUT2D eigenvalue weighted by Gasteiger charge is 2.08. The maximum Gasteiger partial charge on any atom is 0.137 e. The Morgan fingerprint density at radius 2 is 2.22 bits per heavy atom. The van der Waals surface area contributed by atoms with Crippen molar-refractivity contribution in [1.82, 2.24) is 9.97 Å². The van der Waals surface area contributed by atoms with Gasteiger partial charge in [0.1, 0.15) is 16.8 Å². The van der Waals surface area contributed by atoms with Crippen LogP contribution >= 0.6 is 23.4 Å². The van der Waals surface area contributed by atoms with Crippen molar-refractivity contribution in [1.29, 1.82) is 0 Å². The molecule has 0 atom stereocenters. The Bertz CT molecular complexity index is 429. The summed E-state index contributed by atoms with van der Waals surface area (Å²) < 4.78 is 0. The first-order valence-corrected chi connectivity index (χ1v) is 7.50. The monoisotopic (exact) mass is 283 g/mol. The zero-order chi connectivity index (χ0) is 13.4. The van der Waals surface area contributed by atoms with E-state index < -0.39 is 0 Å². The van der Waals surface area contributed by atoms with Gasteiger partial charge in [-0.15, -0.1) is 18.2 Å². The number of anilines is 1. The molecule has 98 valence electrons. The van der Waals surface area contributed by atoms with Gasteiger partial charge in [0.25, 0.3) is 0 Å². The molecular formula is C13H18ClN3S. The van der Waals surface area contributed by atoms with E-state index in [1.807, 2.05) is 6.92 Å². The molecule has 0 aliphatic heterocycles. The minimum atomic E-state index is 0.534. The van der Waals surface area contributed by atoms with Gasteiger partial charge in [-0.2, -0.15) is 0 Å². The molecule has 0 radical (unpaired) electrons.